The van der Waals surface area contributed by atoms with E-state index in [1.54, 1.807) is 36.3 Å². The number of carbonyl (C=O) groups excluding carboxylic acids is 2. The quantitative estimate of drug-likeness (QED) is 0.257. The Labute approximate surface area is 230 Å². The lowest BCUT2D eigenvalue weighted by atomic mass is 10.1. The van der Waals surface area contributed by atoms with Gasteiger partial charge in [-0.3, -0.25) is 9.59 Å². The standard InChI is InChI=1S/C32H37N3O4/c1-5-39-27-15-13-24(14-16-27)21-34(18-17-26-20-33-30-12-7-6-11-29(26)30)31(36)22-35(23(2)3)32(37)25-9-8-10-28(19-25)38-4/h6-16,19-20,23,33H,5,17-18,21-22H2,1-4H3. The maximum absolute atomic E-state index is 13.8. The first kappa shape index (κ1) is 27.8. The SMILES string of the molecule is CCOc1ccc(CN(CCc2c[nH]c3ccccc23)C(=O)CN(C(=O)c2cccc(OC)c2)C(C)C)cc1. The van der Waals surface area contributed by atoms with Gasteiger partial charge in [0, 0.05) is 41.8 Å². The van der Waals surface area contributed by atoms with Crippen molar-refractivity contribution in [2.24, 2.45) is 0 Å². The van der Waals surface area contributed by atoms with Gasteiger partial charge >= 0.3 is 0 Å². The number of methoxy groups -OCH3 is 1. The van der Waals surface area contributed by atoms with E-state index in [0.717, 1.165) is 27.8 Å². The number of aromatic amines is 1. The molecule has 0 unspecified atom stereocenters. The van der Waals surface area contributed by atoms with Gasteiger partial charge in [-0.05, 0) is 74.7 Å². The Bertz CT molecular complexity index is 1390. The van der Waals surface area contributed by atoms with Gasteiger partial charge in [0.05, 0.1) is 13.7 Å². The summed E-state index contributed by atoms with van der Waals surface area (Å²) in [6.45, 7) is 7.34. The summed E-state index contributed by atoms with van der Waals surface area (Å²) >= 11 is 0. The number of fused-ring (bicyclic) bond motifs is 1. The predicted octanol–water partition coefficient (Wildman–Crippen LogP) is 5.70. The molecule has 204 valence electrons. The molecule has 0 aliphatic carbocycles. The predicted molar refractivity (Wildman–Crippen MR) is 154 cm³/mol. The van der Waals surface area contributed by atoms with Gasteiger partial charge in [0.2, 0.25) is 5.91 Å². The summed E-state index contributed by atoms with van der Waals surface area (Å²) in [4.78, 5) is 34.0. The summed E-state index contributed by atoms with van der Waals surface area (Å²) in [5, 5.41) is 1.16. The molecule has 0 spiro atoms. The topological polar surface area (TPSA) is 74.9 Å². The van der Waals surface area contributed by atoms with Gasteiger partial charge in [-0.15, -0.1) is 0 Å². The van der Waals surface area contributed by atoms with Crippen LogP contribution in [0.1, 0.15) is 42.3 Å². The molecule has 39 heavy (non-hydrogen) atoms. The number of carbonyl (C=O) groups is 2. The number of benzene rings is 3. The molecular weight excluding hydrogens is 490 g/mol. The summed E-state index contributed by atoms with van der Waals surface area (Å²) in [7, 11) is 1.57. The molecule has 0 radical (unpaired) electrons. The van der Waals surface area contributed by atoms with E-state index in [1.165, 1.54) is 0 Å². The molecule has 0 aliphatic heterocycles. The number of ether oxygens (including phenoxy) is 2. The third-order valence-electron chi connectivity index (χ3n) is 6.79. The third-order valence-corrected chi connectivity index (χ3v) is 6.79. The minimum atomic E-state index is -0.199. The first-order valence-electron chi connectivity index (χ1n) is 13.4. The molecule has 0 fully saturated rings. The molecule has 1 N–H and O–H groups in total. The highest BCUT2D eigenvalue weighted by atomic mass is 16.5. The highest BCUT2D eigenvalue weighted by Gasteiger charge is 2.25. The summed E-state index contributed by atoms with van der Waals surface area (Å²) in [5.74, 6) is 1.10. The minimum absolute atomic E-state index is 0.0153. The van der Waals surface area contributed by atoms with E-state index in [2.05, 4.69) is 11.1 Å². The van der Waals surface area contributed by atoms with E-state index in [4.69, 9.17) is 9.47 Å². The monoisotopic (exact) mass is 527 g/mol. The van der Waals surface area contributed by atoms with Crippen LogP contribution in [0.4, 0.5) is 0 Å². The Kier molecular flexibility index (Phi) is 9.26. The van der Waals surface area contributed by atoms with E-state index < -0.39 is 0 Å². The van der Waals surface area contributed by atoms with E-state index in [0.29, 0.717) is 37.4 Å². The van der Waals surface area contributed by atoms with E-state index in [9.17, 15) is 9.59 Å². The molecule has 4 rings (SSSR count). The lowest BCUT2D eigenvalue weighted by Crippen LogP contribution is -2.46. The Hall–Kier alpha value is -4.26. The molecule has 3 aromatic carbocycles. The number of H-pyrrole nitrogens is 1. The zero-order valence-corrected chi connectivity index (χ0v) is 23.1. The second-order valence-corrected chi connectivity index (χ2v) is 9.76. The molecule has 0 aliphatic rings. The normalized spacial score (nSPS) is 11.0. The molecule has 7 nitrogen and oxygen atoms in total. The van der Waals surface area contributed by atoms with Crippen LogP contribution in [0.3, 0.4) is 0 Å². The molecule has 4 aromatic rings. The van der Waals surface area contributed by atoms with Gasteiger partial charge in [-0.1, -0.05) is 36.4 Å². The number of aromatic nitrogens is 1. The molecule has 1 aromatic heterocycles. The average molecular weight is 528 g/mol. The van der Waals surface area contributed by atoms with Gasteiger partial charge < -0.3 is 24.3 Å². The van der Waals surface area contributed by atoms with Crippen molar-refractivity contribution in [2.75, 3.05) is 26.8 Å². The van der Waals surface area contributed by atoms with Crippen molar-refractivity contribution in [2.45, 2.75) is 39.8 Å². The zero-order valence-electron chi connectivity index (χ0n) is 23.1. The average Bonchev–Trinajstić information content (AvgIpc) is 3.37. The fourth-order valence-corrected chi connectivity index (χ4v) is 4.62. The Morgan fingerprint density at radius 1 is 0.949 bits per heavy atom. The van der Waals surface area contributed by atoms with E-state index >= 15 is 0 Å². The number of hydrogen-bond acceptors (Lipinski definition) is 4. The van der Waals surface area contributed by atoms with Crippen LogP contribution in [0.25, 0.3) is 10.9 Å². The first-order valence-corrected chi connectivity index (χ1v) is 13.4. The molecule has 0 saturated heterocycles. The largest absolute Gasteiger partial charge is 0.497 e. The van der Waals surface area contributed by atoms with E-state index in [1.807, 2.05) is 74.3 Å². The number of amides is 2. The lowest BCUT2D eigenvalue weighted by molar-refractivity contribution is -0.132. The second-order valence-electron chi connectivity index (χ2n) is 9.76. The highest BCUT2D eigenvalue weighted by Crippen LogP contribution is 2.21. The van der Waals surface area contributed by atoms with E-state index in [-0.39, 0.29) is 24.4 Å². The molecule has 0 bridgehead atoms. The van der Waals surface area contributed by atoms with Crippen LogP contribution in [-0.2, 0) is 17.8 Å². The Balaban J connectivity index is 1.55. The maximum Gasteiger partial charge on any atom is 0.254 e. The van der Waals surface area contributed by atoms with Crippen molar-refractivity contribution < 1.29 is 19.1 Å². The van der Waals surface area contributed by atoms with Gasteiger partial charge in [-0.2, -0.15) is 0 Å². The number of hydrogen-bond donors (Lipinski definition) is 1. The van der Waals surface area contributed by atoms with Crippen molar-refractivity contribution in [1.29, 1.82) is 0 Å². The van der Waals surface area contributed by atoms with Crippen LogP contribution in [0.5, 0.6) is 11.5 Å². The number of rotatable bonds is 12. The molecule has 2 amide bonds. The van der Waals surface area contributed by atoms with Crippen LogP contribution >= 0.6 is 0 Å². The van der Waals surface area contributed by atoms with Crippen LogP contribution in [-0.4, -0.2) is 59.4 Å². The smallest absolute Gasteiger partial charge is 0.254 e. The van der Waals surface area contributed by atoms with Gasteiger partial charge in [0.1, 0.15) is 18.0 Å². The lowest BCUT2D eigenvalue weighted by Gasteiger charge is -2.30. The maximum atomic E-state index is 13.8. The molecule has 1 heterocycles. The molecule has 0 atom stereocenters. The van der Waals surface area contributed by atoms with Gasteiger partial charge in [0.25, 0.3) is 5.91 Å². The van der Waals surface area contributed by atoms with Crippen molar-refractivity contribution in [1.82, 2.24) is 14.8 Å². The highest BCUT2D eigenvalue weighted by molar-refractivity contribution is 5.97. The minimum Gasteiger partial charge on any atom is -0.497 e. The second kappa shape index (κ2) is 13.0. The van der Waals surface area contributed by atoms with Crippen LogP contribution in [0.15, 0.2) is 79.0 Å². The van der Waals surface area contributed by atoms with Crippen LogP contribution in [0, 0.1) is 0 Å². The van der Waals surface area contributed by atoms with Crippen molar-refractivity contribution in [3.8, 4) is 11.5 Å². The van der Waals surface area contributed by atoms with Crippen LogP contribution in [0.2, 0.25) is 0 Å². The van der Waals surface area contributed by atoms with Crippen LogP contribution < -0.4 is 9.47 Å². The summed E-state index contributed by atoms with van der Waals surface area (Å²) in [6, 6.07) is 22.9. The fourth-order valence-electron chi connectivity index (χ4n) is 4.62. The number of nitrogens with zero attached hydrogens (tertiary/aromatic N) is 2. The summed E-state index contributed by atoms with van der Waals surface area (Å²) in [6.07, 6.45) is 2.70. The molecule has 7 heteroatoms. The van der Waals surface area contributed by atoms with Crippen molar-refractivity contribution in [3.05, 3.63) is 95.7 Å². The first-order chi connectivity index (χ1) is 18.9. The summed E-state index contributed by atoms with van der Waals surface area (Å²) in [5.41, 5.74) is 3.73. The number of nitrogens with one attached hydrogen (secondary N) is 1. The van der Waals surface area contributed by atoms with Gasteiger partial charge in [0.15, 0.2) is 0 Å². The third kappa shape index (κ3) is 6.99. The fraction of sp³-hybridized carbons (Fsp3) is 0.312. The number of para-hydroxylation sites is 1. The van der Waals surface area contributed by atoms with Gasteiger partial charge in [-0.25, -0.2) is 0 Å². The van der Waals surface area contributed by atoms with Crippen molar-refractivity contribution in [3.63, 3.8) is 0 Å². The Morgan fingerprint density at radius 3 is 2.44 bits per heavy atom. The Morgan fingerprint density at radius 2 is 1.72 bits per heavy atom. The zero-order chi connectivity index (χ0) is 27.8. The molecular formula is C32H37N3O4. The molecule has 0 saturated carbocycles. The summed E-state index contributed by atoms with van der Waals surface area (Å²) < 4.78 is 10.9. The van der Waals surface area contributed by atoms with Crippen molar-refractivity contribution >= 4 is 22.7 Å².